The van der Waals surface area contributed by atoms with Gasteiger partial charge in [-0.2, -0.15) is 5.10 Å². The van der Waals surface area contributed by atoms with E-state index in [4.69, 9.17) is 0 Å². The van der Waals surface area contributed by atoms with Crippen LogP contribution in [0, 0.1) is 6.92 Å². The Morgan fingerprint density at radius 1 is 1.36 bits per heavy atom. The fraction of sp³-hybridized carbons (Fsp3) is 0.471. The third-order valence-corrected chi connectivity index (χ3v) is 4.31. The Morgan fingerprint density at radius 2 is 2.18 bits per heavy atom. The Bertz CT molecular complexity index is 610. The van der Waals surface area contributed by atoms with Gasteiger partial charge in [0.1, 0.15) is 0 Å². The van der Waals surface area contributed by atoms with Crippen LogP contribution in [-0.2, 0) is 19.5 Å². The van der Waals surface area contributed by atoms with E-state index in [0.717, 1.165) is 37.3 Å². The zero-order chi connectivity index (χ0) is 15.4. The smallest absolute Gasteiger partial charge is 0.0791 e. The molecule has 0 bridgehead atoms. The van der Waals surface area contributed by atoms with Crippen molar-refractivity contribution in [2.24, 2.45) is 0 Å². The number of hydrogen-bond donors (Lipinski definition) is 3. The summed E-state index contributed by atoms with van der Waals surface area (Å²) in [6, 6.07) is 8.59. The lowest BCUT2D eigenvalue weighted by molar-refractivity contribution is 0.104. The molecule has 0 saturated carbocycles. The van der Waals surface area contributed by atoms with Gasteiger partial charge in [0.05, 0.1) is 12.3 Å². The van der Waals surface area contributed by atoms with Crippen LogP contribution in [0.3, 0.4) is 0 Å². The average molecular weight is 300 g/mol. The predicted molar refractivity (Wildman–Crippen MR) is 86.5 cm³/mol. The lowest BCUT2D eigenvalue weighted by Crippen LogP contribution is -2.40. The number of benzene rings is 1. The minimum absolute atomic E-state index is 0.350. The number of aliphatic hydroxyl groups is 1. The first-order valence-electron chi connectivity index (χ1n) is 7.89. The lowest BCUT2D eigenvalue weighted by Gasteiger charge is -2.30. The van der Waals surface area contributed by atoms with Crippen LogP contribution in [0.4, 0.5) is 0 Å². The molecule has 0 aliphatic carbocycles. The van der Waals surface area contributed by atoms with Gasteiger partial charge in [-0.25, -0.2) is 0 Å². The summed E-state index contributed by atoms with van der Waals surface area (Å²) in [6.45, 7) is 6.02. The number of nitrogens with one attached hydrogen (secondary N) is 2. The number of hydrogen-bond acceptors (Lipinski definition) is 4. The number of β-amino-alcohol motifs (C(OH)–C–C–N with tert-alkyl or cyclic N) is 1. The quantitative estimate of drug-likeness (QED) is 0.751. The van der Waals surface area contributed by atoms with E-state index in [9.17, 15) is 5.11 Å². The second-order valence-electron chi connectivity index (χ2n) is 6.06. The van der Waals surface area contributed by atoms with Gasteiger partial charge in [0.2, 0.25) is 0 Å². The molecule has 1 aliphatic rings. The minimum Gasteiger partial charge on any atom is -0.390 e. The number of aryl methyl sites for hydroxylation is 1. The standard InChI is InChI=1S/C17H24N4O/c1-13-16(9-19-20-13)8-18-10-17(22)12-21-7-6-14-4-2-3-5-15(14)11-21/h2-5,9,17-18,22H,6-8,10-12H2,1H3,(H,19,20)/t17-/m0/s1. The Kier molecular flexibility index (Phi) is 4.87. The molecule has 2 aromatic rings. The van der Waals surface area contributed by atoms with Crippen molar-refractivity contribution in [2.45, 2.75) is 32.5 Å². The normalized spacial score (nSPS) is 16.5. The molecular formula is C17H24N4O. The van der Waals surface area contributed by atoms with Crippen molar-refractivity contribution >= 4 is 0 Å². The molecule has 2 heterocycles. The van der Waals surface area contributed by atoms with Crippen LogP contribution in [0.5, 0.6) is 0 Å². The van der Waals surface area contributed by atoms with Crippen molar-refractivity contribution < 1.29 is 5.11 Å². The van der Waals surface area contributed by atoms with E-state index in [1.165, 1.54) is 11.1 Å². The maximum absolute atomic E-state index is 10.2. The van der Waals surface area contributed by atoms with Crippen LogP contribution in [0.15, 0.2) is 30.5 Å². The molecule has 3 rings (SSSR count). The first-order chi connectivity index (χ1) is 10.7. The number of rotatable bonds is 6. The maximum Gasteiger partial charge on any atom is 0.0791 e. The molecule has 0 fully saturated rings. The number of aromatic nitrogens is 2. The van der Waals surface area contributed by atoms with Gasteiger partial charge in [0.25, 0.3) is 0 Å². The van der Waals surface area contributed by atoms with Crippen molar-refractivity contribution in [1.82, 2.24) is 20.4 Å². The topological polar surface area (TPSA) is 64.2 Å². The summed E-state index contributed by atoms with van der Waals surface area (Å²) >= 11 is 0. The average Bonchev–Trinajstić information content (AvgIpc) is 2.92. The molecule has 3 N–H and O–H groups in total. The number of nitrogens with zero attached hydrogens (tertiary/aromatic N) is 2. The molecule has 118 valence electrons. The Labute approximate surface area is 131 Å². The highest BCUT2D eigenvalue weighted by Gasteiger charge is 2.18. The Balaban J connectivity index is 1.43. The molecule has 1 atom stereocenters. The molecule has 1 aromatic carbocycles. The van der Waals surface area contributed by atoms with E-state index in [1.807, 2.05) is 13.1 Å². The summed E-state index contributed by atoms with van der Waals surface area (Å²) in [5, 5.41) is 20.4. The van der Waals surface area contributed by atoms with Gasteiger partial charge in [0.15, 0.2) is 0 Å². The summed E-state index contributed by atoms with van der Waals surface area (Å²) in [5.41, 5.74) is 5.07. The number of fused-ring (bicyclic) bond motifs is 1. The maximum atomic E-state index is 10.2. The second kappa shape index (κ2) is 7.05. The fourth-order valence-electron chi connectivity index (χ4n) is 3.00. The Hall–Kier alpha value is -1.69. The van der Waals surface area contributed by atoms with Gasteiger partial charge in [-0.1, -0.05) is 24.3 Å². The van der Waals surface area contributed by atoms with Crippen LogP contribution in [0.2, 0.25) is 0 Å². The van der Waals surface area contributed by atoms with Crippen molar-refractivity contribution in [3.8, 4) is 0 Å². The van der Waals surface area contributed by atoms with E-state index in [1.54, 1.807) is 0 Å². The molecule has 0 radical (unpaired) electrons. The van der Waals surface area contributed by atoms with E-state index < -0.39 is 0 Å². The first-order valence-corrected chi connectivity index (χ1v) is 7.89. The van der Waals surface area contributed by atoms with Gasteiger partial charge < -0.3 is 10.4 Å². The molecule has 5 nitrogen and oxygen atoms in total. The van der Waals surface area contributed by atoms with Crippen LogP contribution in [0.25, 0.3) is 0 Å². The monoisotopic (exact) mass is 300 g/mol. The highest BCUT2D eigenvalue weighted by atomic mass is 16.3. The molecule has 1 aromatic heterocycles. The molecule has 0 unspecified atom stereocenters. The van der Waals surface area contributed by atoms with Crippen LogP contribution in [-0.4, -0.2) is 45.9 Å². The lowest BCUT2D eigenvalue weighted by atomic mass is 10.00. The highest BCUT2D eigenvalue weighted by Crippen LogP contribution is 2.18. The summed E-state index contributed by atoms with van der Waals surface area (Å²) in [7, 11) is 0. The van der Waals surface area contributed by atoms with Gasteiger partial charge in [-0.3, -0.25) is 10.00 Å². The van der Waals surface area contributed by atoms with E-state index in [2.05, 4.69) is 44.7 Å². The zero-order valence-electron chi connectivity index (χ0n) is 13.0. The zero-order valence-corrected chi connectivity index (χ0v) is 13.0. The SMILES string of the molecule is Cc1[nH]ncc1CNC[C@H](O)CN1CCc2ccccc2C1. The predicted octanol–water partition coefficient (Wildman–Crippen LogP) is 1.23. The summed E-state index contributed by atoms with van der Waals surface area (Å²) < 4.78 is 0. The summed E-state index contributed by atoms with van der Waals surface area (Å²) in [5.74, 6) is 0. The van der Waals surface area contributed by atoms with Gasteiger partial charge >= 0.3 is 0 Å². The largest absolute Gasteiger partial charge is 0.390 e. The molecule has 0 saturated heterocycles. The van der Waals surface area contributed by atoms with Crippen LogP contribution < -0.4 is 5.32 Å². The molecule has 0 spiro atoms. The van der Waals surface area contributed by atoms with Crippen LogP contribution in [0.1, 0.15) is 22.4 Å². The fourth-order valence-corrected chi connectivity index (χ4v) is 3.00. The molecule has 5 heteroatoms. The summed E-state index contributed by atoms with van der Waals surface area (Å²) in [4.78, 5) is 2.33. The molecule has 0 amide bonds. The third kappa shape index (κ3) is 3.74. The first kappa shape index (κ1) is 15.2. The van der Waals surface area contributed by atoms with Crippen molar-refractivity contribution in [2.75, 3.05) is 19.6 Å². The summed E-state index contributed by atoms with van der Waals surface area (Å²) in [6.07, 6.45) is 2.55. The molecule has 22 heavy (non-hydrogen) atoms. The van der Waals surface area contributed by atoms with Crippen molar-refractivity contribution in [1.29, 1.82) is 0 Å². The Morgan fingerprint density at radius 3 is 2.95 bits per heavy atom. The minimum atomic E-state index is -0.350. The van der Waals surface area contributed by atoms with Crippen molar-refractivity contribution in [3.05, 3.63) is 52.8 Å². The van der Waals surface area contributed by atoms with Crippen LogP contribution >= 0.6 is 0 Å². The third-order valence-electron chi connectivity index (χ3n) is 4.31. The number of H-pyrrole nitrogens is 1. The van der Waals surface area contributed by atoms with Gasteiger partial charge in [0, 0.05) is 44.0 Å². The second-order valence-corrected chi connectivity index (χ2v) is 6.06. The van der Waals surface area contributed by atoms with E-state index >= 15 is 0 Å². The molecule has 1 aliphatic heterocycles. The van der Waals surface area contributed by atoms with Crippen molar-refractivity contribution in [3.63, 3.8) is 0 Å². The van der Waals surface area contributed by atoms with Gasteiger partial charge in [-0.05, 0) is 24.5 Å². The highest BCUT2D eigenvalue weighted by molar-refractivity contribution is 5.29. The van der Waals surface area contributed by atoms with E-state index in [0.29, 0.717) is 13.1 Å². The number of aliphatic hydroxyl groups excluding tert-OH is 1. The van der Waals surface area contributed by atoms with E-state index in [-0.39, 0.29) is 6.10 Å². The number of aromatic amines is 1. The molecular weight excluding hydrogens is 276 g/mol. The van der Waals surface area contributed by atoms with Gasteiger partial charge in [-0.15, -0.1) is 0 Å².